The van der Waals surface area contributed by atoms with Crippen LogP contribution in [0.5, 0.6) is 0 Å². The average Bonchev–Trinajstić information content (AvgIpc) is 2.70. The van der Waals surface area contributed by atoms with E-state index in [1.54, 1.807) is 0 Å². The summed E-state index contributed by atoms with van der Waals surface area (Å²) in [6.07, 6.45) is 0. The van der Waals surface area contributed by atoms with Crippen molar-refractivity contribution in [2.24, 2.45) is 0 Å². The van der Waals surface area contributed by atoms with Crippen LogP contribution in [0.3, 0.4) is 0 Å². The zero-order valence-corrected chi connectivity index (χ0v) is 8.89. The molecule has 0 saturated carbocycles. The van der Waals surface area contributed by atoms with E-state index in [0.29, 0.717) is 11.5 Å². The third-order valence-corrected chi connectivity index (χ3v) is 2.27. The molecule has 0 amide bonds. The molecule has 78 valence electrons. The normalized spacial score (nSPS) is 10.6. The van der Waals surface area contributed by atoms with Crippen molar-refractivity contribution in [2.75, 3.05) is 0 Å². The molecule has 1 aromatic carbocycles. The number of aromatic nitrogens is 2. The van der Waals surface area contributed by atoms with Crippen LogP contribution in [0.15, 0.2) is 22.6 Å². The van der Waals surface area contributed by atoms with Crippen LogP contribution in [0.25, 0.3) is 11.5 Å². The first-order valence-electron chi connectivity index (χ1n) is 4.04. The van der Waals surface area contributed by atoms with E-state index in [2.05, 4.69) is 10.2 Å². The monoisotopic (exact) mass is 246 g/mol. The number of halogens is 3. The highest BCUT2D eigenvalue weighted by atomic mass is 35.5. The molecule has 0 atom stereocenters. The molecule has 2 rings (SSSR count). The van der Waals surface area contributed by atoms with Crippen molar-refractivity contribution in [3.05, 3.63) is 34.9 Å². The van der Waals surface area contributed by atoms with Gasteiger partial charge in [-0.3, -0.25) is 0 Å². The number of rotatable bonds is 2. The maximum absolute atomic E-state index is 12.9. The van der Waals surface area contributed by atoms with E-state index in [4.69, 9.17) is 27.6 Å². The first-order valence-corrected chi connectivity index (χ1v) is 4.95. The van der Waals surface area contributed by atoms with Gasteiger partial charge in [0.1, 0.15) is 11.7 Å². The summed E-state index contributed by atoms with van der Waals surface area (Å²) >= 11 is 11.1. The van der Waals surface area contributed by atoms with Gasteiger partial charge in [0.2, 0.25) is 11.8 Å². The van der Waals surface area contributed by atoms with Gasteiger partial charge in [0, 0.05) is 5.56 Å². The smallest absolute Gasteiger partial charge is 0.247 e. The summed E-state index contributed by atoms with van der Waals surface area (Å²) in [7, 11) is 0. The third-order valence-electron chi connectivity index (χ3n) is 1.75. The quantitative estimate of drug-likeness (QED) is 0.764. The molecule has 6 heteroatoms. The highest BCUT2D eigenvalue weighted by molar-refractivity contribution is 6.31. The molecule has 0 aliphatic heterocycles. The van der Waals surface area contributed by atoms with Crippen molar-refractivity contribution < 1.29 is 8.81 Å². The number of hydrogen-bond donors (Lipinski definition) is 0. The Morgan fingerprint density at radius 2 is 2.13 bits per heavy atom. The summed E-state index contributed by atoms with van der Waals surface area (Å²) in [4.78, 5) is 0. The van der Waals surface area contributed by atoms with E-state index in [1.165, 1.54) is 18.2 Å². The Balaban J connectivity index is 2.40. The summed E-state index contributed by atoms with van der Waals surface area (Å²) in [5.74, 6) is 0.235. The molecule has 0 unspecified atom stereocenters. The molecule has 0 fully saturated rings. The van der Waals surface area contributed by atoms with Crippen molar-refractivity contribution in [2.45, 2.75) is 5.88 Å². The van der Waals surface area contributed by atoms with Crippen LogP contribution in [-0.2, 0) is 5.88 Å². The Kier molecular flexibility index (Phi) is 2.88. The Hall–Kier alpha value is -1.13. The summed E-state index contributed by atoms with van der Waals surface area (Å²) < 4.78 is 18.0. The highest BCUT2D eigenvalue weighted by Gasteiger charge is 2.09. The van der Waals surface area contributed by atoms with E-state index in [9.17, 15) is 4.39 Å². The molecule has 0 N–H and O–H groups in total. The van der Waals surface area contributed by atoms with Crippen LogP contribution in [0.2, 0.25) is 5.02 Å². The Bertz CT molecular complexity index is 487. The lowest BCUT2D eigenvalue weighted by Crippen LogP contribution is -1.81. The van der Waals surface area contributed by atoms with Gasteiger partial charge in [0.25, 0.3) is 0 Å². The lowest BCUT2D eigenvalue weighted by molar-refractivity contribution is 0.527. The van der Waals surface area contributed by atoms with Gasteiger partial charge in [-0.25, -0.2) is 4.39 Å². The Morgan fingerprint density at radius 3 is 2.73 bits per heavy atom. The van der Waals surface area contributed by atoms with Gasteiger partial charge >= 0.3 is 0 Å². The van der Waals surface area contributed by atoms with E-state index in [-0.39, 0.29) is 16.8 Å². The van der Waals surface area contributed by atoms with Crippen LogP contribution in [-0.4, -0.2) is 10.2 Å². The van der Waals surface area contributed by atoms with Crippen LogP contribution in [0.1, 0.15) is 5.89 Å². The van der Waals surface area contributed by atoms with Gasteiger partial charge in [-0.1, -0.05) is 11.6 Å². The standard InChI is InChI=1S/C9H5Cl2FN2O/c10-4-8-13-14-9(15-8)5-1-2-7(12)6(11)3-5/h1-3H,4H2. The molecule has 1 heterocycles. The van der Waals surface area contributed by atoms with E-state index < -0.39 is 5.82 Å². The number of hydrogen-bond acceptors (Lipinski definition) is 3. The van der Waals surface area contributed by atoms with Gasteiger partial charge in [0.15, 0.2) is 0 Å². The van der Waals surface area contributed by atoms with E-state index >= 15 is 0 Å². The lowest BCUT2D eigenvalue weighted by Gasteiger charge is -1.96. The number of benzene rings is 1. The van der Waals surface area contributed by atoms with Crippen molar-refractivity contribution in [3.63, 3.8) is 0 Å². The predicted octanol–water partition coefficient (Wildman–Crippen LogP) is 3.27. The SMILES string of the molecule is Fc1ccc(-c2nnc(CCl)o2)cc1Cl. The van der Waals surface area contributed by atoms with Crippen LogP contribution in [0, 0.1) is 5.82 Å². The molecule has 0 spiro atoms. The van der Waals surface area contributed by atoms with Crippen LogP contribution < -0.4 is 0 Å². The molecule has 0 saturated heterocycles. The van der Waals surface area contributed by atoms with Crippen molar-refractivity contribution in [1.82, 2.24) is 10.2 Å². The Morgan fingerprint density at radius 1 is 1.33 bits per heavy atom. The van der Waals surface area contributed by atoms with Gasteiger partial charge < -0.3 is 4.42 Å². The van der Waals surface area contributed by atoms with Gasteiger partial charge in [-0.05, 0) is 18.2 Å². The molecule has 15 heavy (non-hydrogen) atoms. The second kappa shape index (κ2) is 4.16. The molecule has 0 aliphatic rings. The third kappa shape index (κ3) is 2.11. The fourth-order valence-electron chi connectivity index (χ4n) is 1.05. The molecule has 3 nitrogen and oxygen atoms in total. The molecule has 0 radical (unpaired) electrons. The first-order chi connectivity index (χ1) is 7.20. The number of alkyl halides is 1. The molecular weight excluding hydrogens is 242 g/mol. The summed E-state index contributed by atoms with van der Waals surface area (Å²) in [5.41, 5.74) is 0.560. The van der Waals surface area contributed by atoms with E-state index in [1.807, 2.05) is 0 Å². The molecule has 0 bridgehead atoms. The highest BCUT2D eigenvalue weighted by Crippen LogP contribution is 2.24. The van der Waals surface area contributed by atoms with E-state index in [0.717, 1.165) is 0 Å². The maximum Gasteiger partial charge on any atom is 0.247 e. The molecule has 1 aromatic heterocycles. The predicted molar refractivity (Wildman–Crippen MR) is 54.3 cm³/mol. The largest absolute Gasteiger partial charge is 0.419 e. The van der Waals surface area contributed by atoms with Crippen molar-refractivity contribution >= 4 is 23.2 Å². The molecular formula is C9H5Cl2FN2O. The minimum atomic E-state index is -0.488. The second-order valence-corrected chi connectivity index (χ2v) is 3.44. The topological polar surface area (TPSA) is 38.9 Å². The fraction of sp³-hybridized carbons (Fsp3) is 0.111. The lowest BCUT2D eigenvalue weighted by atomic mass is 10.2. The van der Waals surface area contributed by atoms with Crippen molar-refractivity contribution in [3.8, 4) is 11.5 Å². The summed E-state index contributed by atoms with van der Waals surface area (Å²) in [5, 5.41) is 7.44. The molecule has 2 aromatic rings. The second-order valence-electron chi connectivity index (χ2n) is 2.76. The van der Waals surface area contributed by atoms with Gasteiger partial charge in [-0.2, -0.15) is 0 Å². The number of nitrogens with zero attached hydrogens (tertiary/aromatic N) is 2. The molecule has 0 aliphatic carbocycles. The zero-order chi connectivity index (χ0) is 10.8. The summed E-state index contributed by atoms with van der Waals surface area (Å²) in [6, 6.07) is 4.16. The van der Waals surface area contributed by atoms with Crippen LogP contribution in [0.4, 0.5) is 4.39 Å². The minimum absolute atomic E-state index is 0.0122. The average molecular weight is 247 g/mol. The maximum atomic E-state index is 12.9. The zero-order valence-electron chi connectivity index (χ0n) is 7.38. The van der Waals surface area contributed by atoms with Crippen molar-refractivity contribution in [1.29, 1.82) is 0 Å². The fourth-order valence-corrected chi connectivity index (χ4v) is 1.34. The van der Waals surface area contributed by atoms with Gasteiger partial charge in [0.05, 0.1) is 5.02 Å². The minimum Gasteiger partial charge on any atom is -0.419 e. The summed E-state index contributed by atoms with van der Waals surface area (Å²) in [6.45, 7) is 0. The first kappa shape index (κ1) is 10.4. The Labute approximate surface area is 94.8 Å². The van der Waals surface area contributed by atoms with Gasteiger partial charge in [-0.15, -0.1) is 21.8 Å². The van der Waals surface area contributed by atoms with Crippen LogP contribution >= 0.6 is 23.2 Å².